The standard InChI is InChI=1S/C14H12ClNO3/c1-8-5-10(7-12(16-8)14(17)18)9-3-4-13(19-2)11(15)6-9/h3-7H,1-2H3,(H,17,18). The summed E-state index contributed by atoms with van der Waals surface area (Å²) in [6.07, 6.45) is 0. The van der Waals surface area contributed by atoms with E-state index in [-0.39, 0.29) is 5.69 Å². The first kappa shape index (κ1) is 13.4. The van der Waals surface area contributed by atoms with Gasteiger partial charge in [-0.25, -0.2) is 9.78 Å². The largest absolute Gasteiger partial charge is 0.495 e. The molecule has 0 aliphatic heterocycles. The van der Waals surface area contributed by atoms with E-state index in [1.807, 2.05) is 12.1 Å². The number of halogens is 1. The fourth-order valence-electron chi connectivity index (χ4n) is 1.79. The number of benzene rings is 1. The van der Waals surface area contributed by atoms with Crippen LogP contribution >= 0.6 is 11.6 Å². The summed E-state index contributed by atoms with van der Waals surface area (Å²) in [4.78, 5) is 15.0. The Balaban J connectivity index is 2.52. The summed E-state index contributed by atoms with van der Waals surface area (Å²) >= 11 is 6.06. The lowest BCUT2D eigenvalue weighted by Crippen LogP contribution is -2.01. The van der Waals surface area contributed by atoms with Gasteiger partial charge in [0.15, 0.2) is 0 Å². The van der Waals surface area contributed by atoms with Crippen molar-refractivity contribution in [3.05, 3.63) is 46.7 Å². The number of aromatic carboxylic acids is 1. The molecule has 19 heavy (non-hydrogen) atoms. The van der Waals surface area contributed by atoms with Crippen molar-refractivity contribution in [3.63, 3.8) is 0 Å². The number of nitrogens with zero attached hydrogens (tertiary/aromatic N) is 1. The highest BCUT2D eigenvalue weighted by molar-refractivity contribution is 6.32. The first-order chi connectivity index (χ1) is 9.01. The molecule has 98 valence electrons. The predicted molar refractivity (Wildman–Crippen MR) is 72.9 cm³/mol. The molecule has 2 rings (SSSR count). The lowest BCUT2D eigenvalue weighted by atomic mass is 10.0. The number of methoxy groups -OCH3 is 1. The molecule has 2 aromatic rings. The number of carbonyl (C=O) groups is 1. The summed E-state index contributed by atoms with van der Waals surface area (Å²) < 4.78 is 5.08. The molecule has 0 aliphatic rings. The van der Waals surface area contributed by atoms with Crippen LogP contribution in [0.5, 0.6) is 5.75 Å². The Hall–Kier alpha value is -2.07. The van der Waals surface area contributed by atoms with E-state index in [2.05, 4.69) is 4.98 Å². The van der Waals surface area contributed by atoms with Gasteiger partial charge in [-0.1, -0.05) is 17.7 Å². The monoisotopic (exact) mass is 277 g/mol. The van der Waals surface area contributed by atoms with E-state index < -0.39 is 5.97 Å². The maximum atomic E-state index is 11.0. The fourth-order valence-corrected chi connectivity index (χ4v) is 2.05. The zero-order valence-electron chi connectivity index (χ0n) is 10.5. The molecular formula is C14H12ClNO3. The fraction of sp³-hybridized carbons (Fsp3) is 0.143. The van der Waals surface area contributed by atoms with Crippen molar-refractivity contribution in [3.8, 4) is 16.9 Å². The Morgan fingerprint density at radius 1 is 1.26 bits per heavy atom. The minimum atomic E-state index is -1.05. The first-order valence-electron chi connectivity index (χ1n) is 5.57. The maximum absolute atomic E-state index is 11.0. The number of rotatable bonds is 3. The lowest BCUT2D eigenvalue weighted by molar-refractivity contribution is 0.0690. The van der Waals surface area contributed by atoms with Crippen molar-refractivity contribution < 1.29 is 14.6 Å². The van der Waals surface area contributed by atoms with Crippen LogP contribution in [-0.2, 0) is 0 Å². The topological polar surface area (TPSA) is 59.4 Å². The van der Waals surface area contributed by atoms with Gasteiger partial charge in [0, 0.05) is 5.69 Å². The number of carboxylic acid groups (broad SMARTS) is 1. The van der Waals surface area contributed by atoms with E-state index in [1.54, 1.807) is 26.2 Å². The molecule has 1 aromatic carbocycles. The molecule has 0 bridgehead atoms. The number of aromatic nitrogens is 1. The van der Waals surface area contributed by atoms with Crippen molar-refractivity contribution in [2.45, 2.75) is 6.92 Å². The first-order valence-corrected chi connectivity index (χ1v) is 5.95. The van der Waals surface area contributed by atoms with Crippen molar-refractivity contribution in [2.24, 2.45) is 0 Å². The number of hydrogen-bond acceptors (Lipinski definition) is 3. The molecule has 1 heterocycles. The van der Waals surface area contributed by atoms with Crippen LogP contribution in [0.15, 0.2) is 30.3 Å². The van der Waals surface area contributed by atoms with E-state index in [0.29, 0.717) is 16.5 Å². The van der Waals surface area contributed by atoms with Gasteiger partial charge in [0.1, 0.15) is 11.4 Å². The average Bonchev–Trinajstić information content (AvgIpc) is 2.37. The number of carboxylic acids is 1. The molecule has 0 aliphatic carbocycles. The second kappa shape index (κ2) is 5.28. The molecule has 0 unspecified atom stereocenters. The predicted octanol–water partition coefficient (Wildman–Crippen LogP) is 3.42. The highest BCUT2D eigenvalue weighted by atomic mass is 35.5. The highest BCUT2D eigenvalue weighted by Crippen LogP contribution is 2.30. The summed E-state index contributed by atoms with van der Waals surface area (Å²) in [5.74, 6) is -0.473. The van der Waals surface area contributed by atoms with Crippen LogP contribution in [0.25, 0.3) is 11.1 Å². The smallest absolute Gasteiger partial charge is 0.354 e. The van der Waals surface area contributed by atoms with E-state index in [4.69, 9.17) is 21.4 Å². The van der Waals surface area contributed by atoms with E-state index in [9.17, 15) is 4.79 Å². The van der Waals surface area contributed by atoms with Crippen LogP contribution < -0.4 is 4.74 Å². The number of pyridine rings is 1. The van der Waals surface area contributed by atoms with Crippen molar-refractivity contribution in [1.29, 1.82) is 0 Å². The molecule has 4 nitrogen and oxygen atoms in total. The lowest BCUT2D eigenvalue weighted by Gasteiger charge is -2.08. The van der Waals surface area contributed by atoms with Crippen LogP contribution in [0.4, 0.5) is 0 Å². The van der Waals surface area contributed by atoms with Crippen LogP contribution in [0, 0.1) is 6.92 Å². The summed E-state index contributed by atoms with van der Waals surface area (Å²) in [5.41, 5.74) is 2.23. The third-order valence-electron chi connectivity index (χ3n) is 2.66. The van der Waals surface area contributed by atoms with Gasteiger partial charge in [0.05, 0.1) is 12.1 Å². The summed E-state index contributed by atoms with van der Waals surface area (Å²) in [7, 11) is 1.54. The van der Waals surface area contributed by atoms with E-state index in [1.165, 1.54) is 6.07 Å². The van der Waals surface area contributed by atoms with Crippen molar-refractivity contribution in [2.75, 3.05) is 7.11 Å². The Morgan fingerprint density at radius 3 is 2.58 bits per heavy atom. The van der Waals surface area contributed by atoms with Gasteiger partial charge in [0.25, 0.3) is 0 Å². The minimum absolute atomic E-state index is 0.0157. The van der Waals surface area contributed by atoms with Crippen LogP contribution in [0.3, 0.4) is 0 Å². The van der Waals surface area contributed by atoms with Gasteiger partial charge < -0.3 is 9.84 Å². The van der Waals surface area contributed by atoms with Gasteiger partial charge in [0.2, 0.25) is 0 Å². The Bertz CT molecular complexity index is 641. The minimum Gasteiger partial charge on any atom is -0.495 e. The third-order valence-corrected chi connectivity index (χ3v) is 2.95. The third kappa shape index (κ3) is 2.85. The van der Waals surface area contributed by atoms with Gasteiger partial charge in [-0.2, -0.15) is 0 Å². The normalized spacial score (nSPS) is 10.3. The molecule has 0 spiro atoms. The molecule has 0 radical (unpaired) electrons. The molecule has 0 fully saturated rings. The summed E-state index contributed by atoms with van der Waals surface area (Å²) in [5, 5.41) is 9.49. The molecule has 1 aromatic heterocycles. The summed E-state index contributed by atoms with van der Waals surface area (Å²) in [6.45, 7) is 1.75. The van der Waals surface area contributed by atoms with Crippen LogP contribution in [0.1, 0.15) is 16.2 Å². The van der Waals surface area contributed by atoms with E-state index >= 15 is 0 Å². The maximum Gasteiger partial charge on any atom is 0.354 e. The van der Waals surface area contributed by atoms with Gasteiger partial charge in [-0.15, -0.1) is 0 Å². The second-order valence-electron chi connectivity index (χ2n) is 4.04. The molecule has 1 N–H and O–H groups in total. The van der Waals surface area contributed by atoms with Gasteiger partial charge >= 0.3 is 5.97 Å². The van der Waals surface area contributed by atoms with Crippen molar-refractivity contribution >= 4 is 17.6 Å². The number of hydrogen-bond donors (Lipinski definition) is 1. The quantitative estimate of drug-likeness (QED) is 0.934. The number of aryl methyl sites for hydroxylation is 1. The second-order valence-corrected chi connectivity index (χ2v) is 4.44. The molecule has 0 atom stereocenters. The Labute approximate surface area is 115 Å². The van der Waals surface area contributed by atoms with Crippen molar-refractivity contribution in [1.82, 2.24) is 4.98 Å². The molecule has 0 saturated carbocycles. The van der Waals surface area contributed by atoms with E-state index in [0.717, 1.165) is 11.1 Å². The van der Waals surface area contributed by atoms with Crippen LogP contribution in [-0.4, -0.2) is 23.2 Å². The average molecular weight is 278 g/mol. The molecule has 0 amide bonds. The number of ether oxygens (including phenoxy) is 1. The Morgan fingerprint density at radius 2 is 2.00 bits per heavy atom. The SMILES string of the molecule is COc1ccc(-c2cc(C)nc(C(=O)O)c2)cc1Cl. The zero-order chi connectivity index (χ0) is 14.0. The molecular weight excluding hydrogens is 266 g/mol. The molecule has 5 heteroatoms. The highest BCUT2D eigenvalue weighted by Gasteiger charge is 2.10. The molecule has 0 saturated heterocycles. The van der Waals surface area contributed by atoms with Gasteiger partial charge in [-0.05, 0) is 42.3 Å². The van der Waals surface area contributed by atoms with Crippen LogP contribution in [0.2, 0.25) is 5.02 Å². The Kier molecular flexibility index (Phi) is 3.71. The zero-order valence-corrected chi connectivity index (χ0v) is 11.2. The van der Waals surface area contributed by atoms with Gasteiger partial charge in [-0.3, -0.25) is 0 Å². The summed E-state index contributed by atoms with van der Waals surface area (Å²) in [6, 6.07) is 8.64.